The zero-order valence-electron chi connectivity index (χ0n) is 17.7. The Labute approximate surface area is 176 Å². The van der Waals surface area contributed by atoms with Crippen LogP contribution in [0.2, 0.25) is 0 Å². The lowest BCUT2D eigenvalue weighted by molar-refractivity contribution is -0.192. The third-order valence-electron chi connectivity index (χ3n) is 6.28. The lowest BCUT2D eigenvalue weighted by Gasteiger charge is -2.44. The number of hydrogen-bond donors (Lipinski definition) is 1. The Hall–Kier alpha value is -0.950. The highest BCUT2D eigenvalue weighted by atomic mass is 32.2. The summed E-state index contributed by atoms with van der Waals surface area (Å²) in [7, 11) is 2.14. The van der Waals surface area contributed by atoms with Crippen LogP contribution in [-0.2, 0) is 19.7 Å². The van der Waals surface area contributed by atoms with E-state index in [9.17, 15) is 21.6 Å². The zero-order chi connectivity index (χ0) is 22.7. The van der Waals surface area contributed by atoms with Gasteiger partial charge < -0.3 is 9.84 Å². The summed E-state index contributed by atoms with van der Waals surface area (Å²) < 4.78 is 65.1. The smallest absolute Gasteiger partial charge is 0.475 e. The quantitative estimate of drug-likeness (QED) is 0.651. The number of piperidine rings is 1. The van der Waals surface area contributed by atoms with Gasteiger partial charge in [0.1, 0.15) is 0 Å². The second-order valence-electron chi connectivity index (χ2n) is 8.50. The number of hydrogen-bond acceptors (Lipinski definition) is 5. The predicted octanol–water partition coefficient (Wildman–Crippen LogP) is 1.78. The SMILES string of the molecule is CN1C(COCC2CC2)CCC12CCN(S(=O)(=O)N(C)C)CC2.O=C(O)C(F)(F)F. The van der Waals surface area contributed by atoms with Crippen LogP contribution in [0.4, 0.5) is 13.2 Å². The third kappa shape index (κ3) is 6.28. The molecular weight excluding hydrogens is 427 g/mol. The van der Waals surface area contributed by atoms with Gasteiger partial charge >= 0.3 is 12.1 Å². The van der Waals surface area contributed by atoms with E-state index in [-0.39, 0.29) is 5.54 Å². The molecule has 0 aromatic rings. The van der Waals surface area contributed by atoms with Gasteiger partial charge in [-0.1, -0.05) is 0 Å². The van der Waals surface area contributed by atoms with E-state index in [1.165, 1.54) is 23.6 Å². The van der Waals surface area contributed by atoms with Crippen molar-refractivity contribution in [1.29, 1.82) is 0 Å². The van der Waals surface area contributed by atoms with Crippen LogP contribution in [-0.4, -0.2) is 98.2 Å². The van der Waals surface area contributed by atoms with Gasteiger partial charge in [0.05, 0.1) is 6.61 Å². The topological polar surface area (TPSA) is 90.4 Å². The second-order valence-corrected chi connectivity index (χ2v) is 10.6. The number of alkyl halides is 3. The number of likely N-dealkylation sites (N-methyl/N-ethyl adjacent to an activating group) is 1. The summed E-state index contributed by atoms with van der Waals surface area (Å²) in [6.07, 6.45) is 1.77. The number of aliphatic carboxylic acids is 1. The molecule has 0 amide bonds. The van der Waals surface area contributed by atoms with Crippen molar-refractivity contribution in [2.45, 2.75) is 56.3 Å². The Morgan fingerprint density at radius 2 is 1.67 bits per heavy atom. The first kappa shape index (κ1) is 25.3. The number of carboxylic acids is 1. The molecule has 8 nitrogen and oxygen atoms in total. The maximum Gasteiger partial charge on any atom is 0.490 e. The molecule has 1 unspecified atom stereocenters. The van der Waals surface area contributed by atoms with Gasteiger partial charge in [0.2, 0.25) is 0 Å². The predicted molar refractivity (Wildman–Crippen MR) is 104 cm³/mol. The van der Waals surface area contributed by atoms with E-state index >= 15 is 0 Å². The molecule has 3 aliphatic rings. The summed E-state index contributed by atoms with van der Waals surface area (Å²) in [6, 6.07) is 0.491. The maximum atomic E-state index is 12.3. The second kappa shape index (κ2) is 9.68. The fourth-order valence-electron chi connectivity index (χ4n) is 4.01. The monoisotopic (exact) mass is 459 g/mol. The van der Waals surface area contributed by atoms with E-state index < -0.39 is 22.4 Å². The first-order valence-corrected chi connectivity index (χ1v) is 11.5. The molecule has 12 heteroatoms. The number of rotatable bonds is 6. The Balaban J connectivity index is 0.000000396. The van der Waals surface area contributed by atoms with Crippen LogP contribution in [0.25, 0.3) is 0 Å². The average molecular weight is 460 g/mol. The van der Waals surface area contributed by atoms with E-state index in [0.717, 1.165) is 38.4 Å². The molecular formula is C18H32F3N3O5S. The minimum Gasteiger partial charge on any atom is -0.475 e. The molecule has 1 saturated carbocycles. The summed E-state index contributed by atoms with van der Waals surface area (Å²) in [5.41, 5.74) is 0.173. The highest BCUT2D eigenvalue weighted by Gasteiger charge is 2.47. The van der Waals surface area contributed by atoms with Crippen molar-refractivity contribution in [3.8, 4) is 0 Å². The van der Waals surface area contributed by atoms with Gasteiger partial charge in [-0.05, 0) is 51.5 Å². The van der Waals surface area contributed by atoms with Crippen LogP contribution >= 0.6 is 0 Å². The standard InChI is InChI=1S/C16H31N3O3S.C2HF3O2/c1-17(2)23(20,21)19-10-8-16(9-11-19)7-6-15(18(16)3)13-22-12-14-4-5-14;3-2(4,5)1(6)7/h14-15H,4-13H2,1-3H3;(H,6,7). The van der Waals surface area contributed by atoms with Crippen LogP contribution in [0, 0.1) is 5.92 Å². The van der Waals surface area contributed by atoms with Crippen LogP contribution in [0.5, 0.6) is 0 Å². The molecule has 0 bridgehead atoms. The van der Waals surface area contributed by atoms with Crippen molar-refractivity contribution in [3.05, 3.63) is 0 Å². The van der Waals surface area contributed by atoms with Crippen molar-refractivity contribution < 1.29 is 36.2 Å². The minimum atomic E-state index is -5.08. The molecule has 0 aromatic heterocycles. The van der Waals surface area contributed by atoms with Gasteiger partial charge in [-0.2, -0.15) is 30.2 Å². The van der Waals surface area contributed by atoms with Gasteiger partial charge in [0.25, 0.3) is 10.2 Å². The normalized spacial score (nSPS) is 25.4. The van der Waals surface area contributed by atoms with Gasteiger partial charge in [0, 0.05) is 45.4 Å². The van der Waals surface area contributed by atoms with E-state index in [1.807, 2.05) is 0 Å². The van der Waals surface area contributed by atoms with Crippen molar-refractivity contribution in [3.63, 3.8) is 0 Å². The summed E-state index contributed by atoms with van der Waals surface area (Å²) in [5.74, 6) is -1.94. The number of ether oxygens (including phenoxy) is 1. The van der Waals surface area contributed by atoms with E-state index in [2.05, 4.69) is 11.9 Å². The fourth-order valence-corrected chi connectivity index (χ4v) is 5.12. The number of likely N-dealkylation sites (tertiary alicyclic amines) is 1. The molecule has 2 aliphatic heterocycles. The molecule has 176 valence electrons. The molecule has 0 radical (unpaired) electrons. The first-order valence-electron chi connectivity index (χ1n) is 10.1. The third-order valence-corrected chi connectivity index (χ3v) is 8.22. The van der Waals surface area contributed by atoms with Crippen LogP contribution in [0.15, 0.2) is 0 Å². The Morgan fingerprint density at radius 1 is 1.13 bits per heavy atom. The number of halogens is 3. The summed E-state index contributed by atoms with van der Waals surface area (Å²) in [6.45, 7) is 3.00. The zero-order valence-corrected chi connectivity index (χ0v) is 18.5. The molecule has 0 aromatic carbocycles. The largest absolute Gasteiger partial charge is 0.490 e. The van der Waals surface area contributed by atoms with Crippen molar-refractivity contribution in [2.24, 2.45) is 5.92 Å². The van der Waals surface area contributed by atoms with Gasteiger partial charge in [-0.15, -0.1) is 0 Å². The maximum absolute atomic E-state index is 12.3. The fraction of sp³-hybridized carbons (Fsp3) is 0.944. The molecule has 2 heterocycles. The lowest BCUT2D eigenvalue weighted by atomic mass is 9.86. The molecule has 3 fully saturated rings. The van der Waals surface area contributed by atoms with Crippen molar-refractivity contribution in [2.75, 3.05) is 47.4 Å². The van der Waals surface area contributed by atoms with E-state index in [0.29, 0.717) is 19.1 Å². The highest BCUT2D eigenvalue weighted by Crippen LogP contribution is 2.41. The number of carboxylic acid groups (broad SMARTS) is 1. The molecule has 2 saturated heterocycles. The highest BCUT2D eigenvalue weighted by molar-refractivity contribution is 7.86. The Bertz CT molecular complexity index is 690. The average Bonchev–Trinajstić information content (AvgIpc) is 3.43. The van der Waals surface area contributed by atoms with Crippen molar-refractivity contribution >= 4 is 16.2 Å². The summed E-state index contributed by atoms with van der Waals surface area (Å²) in [4.78, 5) is 11.4. The molecule has 3 rings (SSSR count). The first-order chi connectivity index (χ1) is 13.8. The van der Waals surface area contributed by atoms with Crippen LogP contribution in [0.1, 0.15) is 38.5 Å². The molecule has 1 spiro atoms. The van der Waals surface area contributed by atoms with Crippen molar-refractivity contribution in [1.82, 2.24) is 13.5 Å². The lowest BCUT2D eigenvalue weighted by Crippen LogP contribution is -2.55. The van der Waals surface area contributed by atoms with E-state index in [1.54, 1.807) is 18.4 Å². The summed E-state index contributed by atoms with van der Waals surface area (Å²) >= 11 is 0. The number of nitrogens with zero attached hydrogens (tertiary/aromatic N) is 3. The van der Waals surface area contributed by atoms with Gasteiger partial charge in [-0.25, -0.2) is 4.79 Å². The molecule has 1 N–H and O–H groups in total. The van der Waals surface area contributed by atoms with Crippen LogP contribution in [0.3, 0.4) is 0 Å². The van der Waals surface area contributed by atoms with Gasteiger partial charge in [-0.3, -0.25) is 4.90 Å². The molecule has 30 heavy (non-hydrogen) atoms. The summed E-state index contributed by atoms with van der Waals surface area (Å²) in [5, 5.41) is 7.12. The van der Waals surface area contributed by atoms with E-state index in [4.69, 9.17) is 14.6 Å². The Morgan fingerprint density at radius 3 is 2.10 bits per heavy atom. The van der Waals surface area contributed by atoms with Gasteiger partial charge in [0.15, 0.2) is 0 Å². The molecule has 1 aliphatic carbocycles. The number of carbonyl (C=O) groups is 1. The minimum absolute atomic E-state index is 0.173. The Kier molecular flexibility index (Phi) is 8.17. The molecule has 1 atom stereocenters. The van der Waals surface area contributed by atoms with Crippen LogP contribution < -0.4 is 0 Å².